The van der Waals surface area contributed by atoms with Gasteiger partial charge in [0.2, 0.25) is 5.75 Å². The van der Waals surface area contributed by atoms with Gasteiger partial charge in [-0.25, -0.2) is 4.98 Å². The van der Waals surface area contributed by atoms with E-state index in [1.165, 1.54) is 30.1 Å². The van der Waals surface area contributed by atoms with Crippen molar-refractivity contribution in [3.8, 4) is 11.5 Å². The molecule has 0 unspecified atom stereocenters. The summed E-state index contributed by atoms with van der Waals surface area (Å²) in [6.07, 6.45) is 1.31. The molecule has 11 nitrogen and oxygen atoms in total. The van der Waals surface area contributed by atoms with Crippen molar-refractivity contribution in [2.75, 3.05) is 19.0 Å². The van der Waals surface area contributed by atoms with Gasteiger partial charge in [0.05, 0.1) is 29.2 Å². The number of aryl methyl sites for hydroxylation is 1. The van der Waals surface area contributed by atoms with E-state index < -0.39 is 23.1 Å². The summed E-state index contributed by atoms with van der Waals surface area (Å²) < 4.78 is 12.8. The Balaban J connectivity index is 1.66. The second-order valence-electron chi connectivity index (χ2n) is 9.18. The predicted octanol–water partition coefficient (Wildman–Crippen LogP) is 5.41. The molecule has 0 bridgehead atoms. The van der Waals surface area contributed by atoms with Crippen molar-refractivity contribution >= 4 is 50.3 Å². The quantitative estimate of drug-likeness (QED) is 0.152. The number of methoxy groups -OCH3 is 1. The number of benzene rings is 3. The number of hydrogen-bond acceptors (Lipinski definition) is 8. The lowest BCUT2D eigenvalue weighted by atomic mass is 10.1. The van der Waals surface area contributed by atoms with Gasteiger partial charge in [0.25, 0.3) is 11.5 Å². The van der Waals surface area contributed by atoms with Crippen molar-refractivity contribution in [2.45, 2.75) is 26.7 Å². The lowest BCUT2D eigenvalue weighted by molar-refractivity contribution is -0.385. The van der Waals surface area contributed by atoms with Crippen LogP contribution in [0.4, 0.5) is 11.4 Å². The second-order valence-corrected chi connectivity index (χ2v) is 10.1. The summed E-state index contributed by atoms with van der Waals surface area (Å²) in [7, 11) is 1.33. The summed E-state index contributed by atoms with van der Waals surface area (Å²) in [5.74, 6) is -0.390. The van der Waals surface area contributed by atoms with Gasteiger partial charge >= 0.3 is 5.69 Å². The van der Waals surface area contributed by atoms with Crippen molar-refractivity contribution in [2.24, 2.45) is 5.10 Å². The van der Waals surface area contributed by atoms with Crippen LogP contribution in [0, 0.1) is 17.0 Å². The molecular weight excluding hydrogens is 582 g/mol. The van der Waals surface area contributed by atoms with E-state index in [0.717, 1.165) is 10.0 Å². The van der Waals surface area contributed by atoms with Gasteiger partial charge in [0, 0.05) is 27.7 Å². The van der Waals surface area contributed by atoms with Crippen molar-refractivity contribution in [3.05, 3.63) is 96.5 Å². The number of anilines is 1. The normalized spacial score (nSPS) is 11.2. The number of nitrogens with zero attached hydrogens (tertiary/aromatic N) is 4. The number of halogens is 1. The van der Waals surface area contributed by atoms with E-state index in [9.17, 15) is 19.7 Å². The molecule has 4 rings (SSSR count). The highest BCUT2D eigenvalue weighted by atomic mass is 79.9. The fourth-order valence-corrected chi connectivity index (χ4v) is 4.22. The summed E-state index contributed by atoms with van der Waals surface area (Å²) in [6, 6.07) is 15.1. The summed E-state index contributed by atoms with van der Waals surface area (Å²) in [5.41, 5.74) is 1.60. The zero-order valence-electron chi connectivity index (χ0n) is 22.2. The molecule has 0 aliphatic heterocycles. The molecule has 0 aliphatic carbocycles. The third kappa shape index (κ3) is 6.34. The number of amides is 1. The SMILES string of the molecule is COc1cc(C=Nn2c(C(C)C)nc3ccc(Br)cc3c2=O)cc([N+](=O)[O-])c1OCC(=O)Nc1ccc(C)cc1. The molecule has 1 N–H and O–H groups in total. The Bertz CT molecular complexity index is 1680. The molecule has 12 heteroatoms. The Labute approximate surface area is 237 Å². The van der Waals surface area contributed by atoms with E-state index in [-0.39, 0.29) is 28.5 Å². The summed E-state index contributed by atoms with van der Waals surface area (Å²) >= 11 is 3.37. The number of rotatable bonds is 9. The number of hydrogen-bond donors (Lipinski definition) is 1. The molecule has 206 valence electrons. The van der Waals surface area contributed by atoms with Gasteiger partial charge in [-0.1, -0.05) is 47.5 Å². The Hall–Kier alpha value is -4.58. The van der Waals surface area contributed by atoms with Crippen LogP contribution in [-0.2, 0) is 4.79 Å². The van der Waals surface area contributed by atoms with Crippen molar-refractivity contribution in [1.29, 1.82) is 0 Å². The molecular formula is C28H26BrN5O6. The molecule has 0 saturated carbocycles. The third-order valence-corrected chi connectivity index (χ3v) is 6.32. The standard InChI is InChI=1S/C28H26BrN5O6/c1-16(2)27-32-22-10-7-19(29)13-21(22)28(36)33(27)30-14-18-11-23(34(37)38)26(24(12-18)39-4)40-15-25(35)31-20-8-5-17(3)6-9-20/h5-14,16H,15H2,1-4H3,(H,31,35). The summed E-state index contributed by atoms with van der Waals surface area (Å²) in [5, 5.41) is 19.3. The van der Waals surface area contributed by atoms with Crippen LogP contribution in [0.5, 0.6) is 11.5 Å². The molecule has 1 amide bonds. The number of nitrogens with one attached hydrogen (secondary N) is 1. The maximum Gasteiger partial charge on any atom is 0.315 e. The molecule has 0 saturated heterocycles. The first-order chi connectivity index (χ1) is 19.1. The largest absolute Gasteiger partial charge is 0.493 e. The number of aromatic nitrogens is 2. The number of carbonyl (C=O) groups excluding carboxylic acids is 1. The van der Waals surface area contributed by atoms with E-state index in [1.807, 2.05) is 32.9 Å². The average molecular weight is 608 g/mol. The van der Waals surface area contributed by atoms with E-state index in [1.54, 1.807) is 30.3 Å². The molecule has 0 fully saturated rings. The number of carbonyl (C=O) groups is 1. The molecule has 1 aromatic heterocycles. The van der Waals surface area contributed by atoms with E-state index in [2.05, 4.69) is 31.3 Å². The van der Waals surface area contributed by atoms with Crippen LogP contribution in [0.25, 0.3) is 10.9 Å². The van der Waals surface area contributed by atoms with Crippen LogP contribution >= 0.6 is 15.9 Å². The topological polar surface area (TPSA) is 138 Å². The fraction of sp³-hybridized carbons (Fsp3) is 0.214. The van der Waals surface area contributed by atoms with Gasteiger partial charge < -0.3 is 14.8 Å². The highest BCUT2D eigenvalue weighted by molar-refractivity contribution is 9.10. The molecule has 40 heavy (non-hydrogen) atoms. The van der Waals surface area contributed by atoms with Crippen LogP contribution in [0.2, 0.25) is 0 Å². The van der Waals surface area contributed by atoms with Crippen LogP contribution < -0.4 is 20.3 Å². The zero-order chi connectivity index (χ0) is 29.0. The Morgan fingerprint density at radius 3 is 2.58 bits per heavy atom. The predicted molar refractivity (Wildman–Crippen MR) is 156 cm³/mol. The van der Waals surface area contributed by atoms with Gasteiger partial charge in [0.1, 0.15) is 5.82 Å². The highest BCUT2D eigenvalue weighted by Crippen LogP contribution is 2.38. The molecule has 0 atom stereocenters. The maximum absolute atomic E-state index is 13.3. The fourth-order valence-electron chi connectivity index (χ4n) is 3.86. The lowest BCUT2D eigenvalue weighted by Crippen LogP contribution is -2.23. The molecule has 1 heterocycles. The Morgan fingerprint density at radius 2 is 1.93 bits per heavy atom. The van der Waals surface area contributed by atoms with Gasteiger partial charge in [0.15, 0.2) is 12.4 Å². The van der Waals surface area contributed by atoms with Crippen LogP contribution in [0.15, 0.2) is 69.0 Å². The minimum absolute atomic E-state index is 0.0239. The van der Waals surface area contributed by atoms with Gasteiger partial charge in [-0.3, -0.25) is 19.7 Å². The second kappa shape index (κ2) is 12.1. The first-order valence-corrected chi connectivity index (χ1v) is 13.0. The number of nitro groups is 1. The van der Waals surface area contributed by atoms with Crippen LogP contribution in [-0.4, -0.2) is 40.4 Å². The number of ether oxygens (including phenoxy) is 2. The Morgan fingerprint density at radius 1 is 1.20 bits per heavy atom. The summed E-state index contributed by atoms with van der Waals surface area (Å²) in [4.78, 5) is 41.5. The minimum Gasteiger partial charge on any atom is -0.493 e. The number of fused-ring (bicyclic) bond motifs is 1. The first kappa shape index (κ1) is 28.4. The smallest absolute Gasteiger partial charge is 0.315 e. The van der Waals surface area contributed by atoms with E-state index in [4.69, 9.17) is 9.47 Å². The van der Waals surface area contributed by atoms with Crippen molar-refractivity contribution in [1.82, 2.24) is 9.66 Å². The van der Waals surface area contributed by atoms with Gasteiger partial charge in [-0.2, -0.15) is 9.78 Å². The monoisotopic (exact) mass is 607 g/mol. The Kier molecular flexibility index (Phi) is 8.58. The van der Waals surface area contributed by atoms with Crippen molar-refractivity contribution < 1.29 is 19.2 Å². The van der Waals surface area contributed by atoms with Crippen LogP contribution in [0.1, 0.15) is 36.7 Å². The maximum atomic E-state index is 13.3. The lowest BCUT2D eigenvalue weighted by Gasteiger charge is -2.13. The van der Waals surface area contributed by atoms with E-state index in [0.29, 0.717) is 22.4 Å². The average Bonchev–Trinajstić information content (AvgIpc) is 2.92. The minimum atomic E-state index is -0.645. The zero-order valence-corrected chi connectivity index (χ0v) is 23.8. The van der Waals surface area contributed by atoms with E-state index >= 15 is 0 Å². The first-order valence-electron chi connectivity index (χ1n) is 12.2. The molecule has 4 aromatic rings. The highest BCUT2D eigenvalue weighted by Gasteiger charge is 2.23. The van der Waals surface area contributed by atoms with Gasteiger partial charge in [-0.05, 0) is 43.3 Å². The number of nitro benzene ring substituents is 1. The molecule has 0 aliphatic rings. The molecule has 3 aromatic carbocycles. The molecule has 0 spiro atoms. The van der Waals surface area contributed by atoms with Crippen molar-refractivity contribution in [3.63, 3.8) is 0 Å². The third-order valence-electron chi connectivity index (χ3n) is 5.83. The summed E-state index contributed by atoms with van der Waals surface area (Å²) in [6.45, 7) is 5.21. The van der Waals surface area contributed by atoms with Gasteiger partial charge in [-0.15, -0.1) is 0 Å². The van der Waals surface area contributed by atoms with Crippen LogP contribution in [0.3, 0.4) is 0 Å². The molecule has 0 radical (unpaired) electrons.